The Morgan fingerprint density at radius 2 is 2.23 bits per heavy atom. The molecule has 0 aliphatic rings. The third kappa shape index (κ3) is 1.80. The summed E-state index contributed by atoms with van der Waals surface area (Å²) in [5.74, 6) is -0.487. The zero-order chi connectivity index (χ0) is 10.0. The summed E-state index contributed by atoms with van der Waals surface area (Å²) in [7, 11) is 0. The lowest BCUT2D eigenvalue weighted by molar-refractivity contribution is 0.0999. The topological polar surface area (TPSA) is 66.9 Å². The number of hydrogen-bond donors (Lipinski definition) is 1. The van der Waals surface area contributed by atoms with Crippen molar-refractivity contribution in [3.63, 3.8) is 0 Å². The first kappa shape index (κ1) is 9.99. The van der Waals surface area contributed by atoms with Gasteiger partial charge in [-0.15, -0.1) is 0 Å². The molecule has 0 atom stereocenters. The lowest BCUT2D eigenvalue weighted by Gasteiger charge is -2.05. The van der Waals surface area contributed by atoms with Crippen LogP contribution in [0.1, 0.15) is 21.5 Å². The van der Waals surface area contributed by atoms with Crippen LogP contribution >= 0.6 is 22.6 Å². The molecule has 0 fully saturated rings. The second-order valence-electron chi connectivity index (χ2n) is 2.57. The van der Waals surface area contributed by atoms with Crippen LogP contribution in [0.3, 0.4) is 0 Å². The number of benzene rings is 1. The van der Waals surface area contributed by atoms with Crippen molar-refractivity contribution in [2.24, 2.45) is 5.73 Å². The molecule has 66 valence electrons. The van der Waals surface area contributed by atoms with E-state index in [1.165, 1.54) is 0 Å². The van der Waals surface area contributed by atoms with Crippen molar-refractivity contribution in [2.45, 2.75) is 6.92 Å². The molecule has 0 aliphatic heterocycles. The SMILES string of the molecule is Cc1c(C#N)ccc(I)c1C(N)=O. The van der Waals surface area contributed by atoms with E-state index < -0.39 is 5.91 Å². The highest BCUT2D eigenvalue weighted by atomic mass is 127. The molecule has 0 heterocycles. The summed E-state index contributed by atoms with van der Waals surface area (Å²) >= 11 is 2.02. The predicted octanol–water partition coefficient (Wildman–Crippen LogP) is 1.57. The lowest BCUT2D eigenvalue weighted by atomic mass is 10.0. The molecule has 0 aliphatic carbocycles. The van der Waals surface area contributed by atoms with Crippen LogP contribution in [0, 0.1) is 21.8 Å². The van der Waals surface area contributed by atoms with Gasteiger partial charge in [-0.2, -0.15) is 5.26 Å². The molecule has 0 aromatic heterocycles. The number of rotatable bonds is 1. The van der Waals surface area contributed by atoms with Crippen molar-refractivity contribution in [2.75, 3.05) is 0 Å². The van der Waals surface area contributed by atoms with Gasteiger partial charge in [-0.1, -0.05) is 0 Å². The maximum absolute atomic E-state index is 11.0. The van der Waals surface area contributed by atoms with Gasteiger partial charge in [0.05, 0.1) is 17.2 Å². The van der Waals surface area contributed by atoms with Gasteiger partial charge >= 0.3 is 0 Å². The van der Waals surface area contributed by atoms with E-state index in [1.807, 2.05) is 28.7 Å². The minimum atomic E-state index is -0.487. The molecule has 1 aromatic rings. The predicted molar refractivity (Wildman–Crippen MR) is 57.1 cm³/mol. The van der Waals surface area contributed by atoms with E-state index in [1.54, 1.807) is 19.1 Å². The van der Waals surface area contributed by atoms with Crippen LogP contribution in [-0.4, -0.2) is 5.91 Å². The summed E-state index contributed by atoms with van der Waals surface area (Å²) in [6, 6.07) is 5.41. The molecular formula is C9H7IN2O. The van der Waals surface area contributed by atoms with Gasteiger partial charge in [0.1, 0.15) is 0 Å². The van der Waals surface area contributed by atoms with Gasteiger partial charge in [-0.25, -0.2) is 0 Å². The van der Waals surface area contributed by atoms with Crippen molar-refractivity contribution >= 4 is 28.5 Å². The average Bonchev–Trinajstić information content (AvgIpc) is 2.04. The van der Waals surface area contributed by atoms with Crippen molar-refractivity contribution in [3.05, 3.63) is 32.4 Å². The zero-order valence-corrected chi connectivity index (χ0v) is 9.12. The van der Waals surface area contributed by atoms with E-state index in [9.17, 15) is 4.79 Å². The number of carbonyl (C=O) groups is 1. The van der Waals surface area contributed by atoms with Gasteiger partial charge in [0.25, 0.3) is 0 Å². The molecule has 1 amide bonds. The maximum Gasteiger partial charge on any atom is 0.250 e. The van der Waals surface area contributed by atoms with Crippen LogP contribution in [0.2, 0.25) is 0 Å². The summed E-state index contributed by atoms with van der Waals surface area (Å²) in [6.07, 6.45) is 0. The molecule has 1 rings (SSSR count). The first-order valence-electron chi connectivity index (χ1n) is 3.57. The second kappa shape index (κ2) is 3.75. The van der Waals surface area contributed by atoms with Gasteiger partial charge in [0.2, 0.25) is 5.91 Å². The Kier molecular flexibility index (Phi) is 2.88. The van der Waals surface area contributed by atoms with Crippen LogP contribution in [0.5, 0.6) is 0 Å². The quantitative estimate of drug-likeness (QED) is 0.796. The molecule has 0 radical (unpaired) electrons. The molecule has 0 saturated heterocycles. The minimum absolute atomic E-state index is 0.444. The molecular weight excluding hydrogens is 279 g/mol. The zero-order valence-electron chi connectivity index (χ0n) is 6.97. The fourth-order valence-electron chi connectivity index (χ4n) is 1.10. The molecule has 2 N–H and O–H groups in total. The Hall–Kier alpha value is -1.09. The number of nitriles is 1. The average molecular weight is 286 g/mol. The first-order chi connectivity index (χ1) is 6.07. The van der Waals surface area contributed by atoms with Crippen LogP contribution in [0.15, 0.2) is 12.1 Å². The fraction of sp³-hybridized carbons (Fsp3) is 0.111. The Labute approximate surface area is 89.7 Å². The third-order valence-corrected chi connectivity index (χ3v) is 2.68. The van der Waals surface area contributed by atoms with Gasteiger partial charge in [0.15, 0.2) is 0 Å². The van der Waals surface area contributed by atoms with Crippen molar-refractivity contribution in [3.8, 4) is 6.07 Å². The van der Waals surface area contributed by atoms with Gasteiger partial charge < -0.3 is 5.73 Å². The standard InChI is InChI=1S/C9H7IN2O/c1-5-6(4-11)2-3-7(10)8(5)9(12)13/h2-3H,1H3,(H2,12,13). The first-order valence-corrected chi connectivity index (χ1v) is 4.64. The summed E-state index contributed by atoms with van der Waals surface area (Å²) in [4.78, 5) is 11.0. The Morgan fingerprint density at radius 3 is 2.69 bits per heavy atom. The largest absolute Gasteiger partial charge is 0.366 e. The number of hydrogen-bond acceptors (Lipinski definition) is 2. The van der Waals surface area contributed by atoms with Gasteiger partial charge in [0, 0.05) is 3.57 Å². The Balaban J connectivity index is 3.50. The molecule has 3 nitrogen and oxygen atoms in total. The fourth-order valence-corrected chi connectivity index (χ4v) is 1.95. The van der Waals surface area contributed by atoms with Gasteiger partial charge in [-0.05, 0) is 47.2 Å². The van der Waals surface area contributed by atoms with E-state index >= 15 is 0 Å². The molecule has 0 spiro atoms. The van der Waals surface area contributed by atoms with Crippen molar-refractivity contribution in [1.82, 2.24) is 0 Å². The van der Waals surface area contributed by atoms with Crippen molar-refractivity contribution in [1.29, 1.82) is 5.26 Å². The summed E-state index contributed by atoms with van der Waals surface area (Å²) in [5, 5.41) is 8.71. The number of carbonyl (C=O) groups excluding carboxylic acids is 1. The molecule has 1 aromatic carbocycles. The molecule has 13 heavy (non-hydrogen) atoms. The van der Waals surface area contributed by atoms with E-state index in [0.29, 0.717) is 16.7 Å². The molecule has 0 unspecified atom stereocenters. The van der Waals surface area contributed by atoms with E-state index in [4.69, 9.17) is 11.0 Å². The van der Waals surface area contributed by atoms with Crippen molar-refractivity contribution < 1.29 is 4.79 Å². The van der Waals surface area contributed by atoms with E-state index in [-0.39, 0.29) is 0 Å². The minimum Gasteiger partial charge on any atom is -0.366 e. The molecule has 0 saturated carbocycles. The number of halogens is 1. The second-order valence-corrected chi connectivity index (χ2v) is 3.73. The number of primary amides is 1. The monoisotopic (exact) mass is 286 g/mol. The van der Waals surface area contributed by atoms with E-state index in [2.05, 4.69) is 0 Å². The number of amides is 1. The summed E-state index contributed by atoms with van der Waals surface area (Å²) in [5.41, 5.74) is 6.78. The summed E-state index contributed by atoms with van der Waals surface area (Å²) in [6.45, 7) is 1.72. The highest BCUT2D eigenvalue weighted by Crippen LogP contribution is 2.19. The van der Waals surface area contributed by atoms with E-state index in [0.717, 1.165) is 3.57 Å². The van der Waals surface area contributed by atoms with Crippen LogP contribution < -0.4 is 5.73 Å². The highest BCUT2D eigenvalue weighted by Gasteiger charge is 2.12. The number of nitrogens with zero attached hydrogens (tertiary/aromatic N) is 1. The highest BCUT2D eigenvalue weighted by molar-refractivity contribution is 14.1. The Morgan fingerprint density at radius 1 is 1.62 bits per heavy atom. The summed E-state index contributed by atoms with van der Waals surface area (Å²) < 4.78 is 0.779. The number of nitrogens with two attached hydrogens (primary N) is 1. The Bertz CT molecular complexity index is 407. The third-order valence-electron chi connectivity index (χ3n) is 1.78. The smallest absolute Gasteiger partial charge is 0.250 e. The lowest BCUT2D eigenvalue weighted by Crippen LogP contribution is -2.15. The van der Waals surface area contributed by atoms with Crippen LogP contribution in [0.25, 0.3) is 0 Å². The molecule has 0 bridgehead atoms. The van der Waals surface area contributed by atoms with Crippen LogP contribution in [-0.2, 0) is 0 Å². The van der Waals surface area contributed by atoms with Gasteiger partial charge in [-0.3, -0.25) is 4.79 Å². The molecule has 4 heteroatoms. The van der Waals surface area contributed by atoms with Crippen LogP contribution in [0.4, 0.5) is 0 Å². The normalized spacial score (nSPS) is 9.31. The maximum atomic E-state index is 11.0.